The Balaban J connectivity index is 3.22. The summed E-state index contributed by atoms with van der Waals surface area (Å²) in [5.41, 5.74) is 2.65. The van der Waals surface area contributed by atoms with E-state index >= 15 is 0 Å². The average Bonchev–Trinajstić information content (AvgIpc) is 2.50. The molecule has 1 aromatic rings. The second kappa shape index (κ2) is 8.68. The van der Waals surface area contributed by atoms with Crippen molar-refractivity contribution in [2.75, 3.05) is 6.61 Å². The van der Waals surface area contributed by atoms with E-state index in [1.807, 2.05) is 13.8 Å². The van der Waals surface area contributed by atoms with Crippen LogP contribution in [-0.4, -0.2) is 23.9 Å². The molecule has 0 heterocycles. The zero-order valence-electron chi connectivity index (χ0n) is 18.2. The Kier molecular flexibility index (Phi) is 7.86. The molecule has 2 N–H and O–H groups in total. The summed E-state index contributed by atoms with van der Waals surface area (Å²) in [7, 11) is -3.23. The van der Waals surface area contributed by atoms with Crippen LogP contribution < -0.4 is 5.14 Å². The molecule has 0 aliphatic rings. The van der Waals surface area contributed by atoms with Crippen molar-refractivity contribution in [3.63, 3.8) is 0 Å². The second-order valence-electron chi connectivity index (χ2n) is 9.81. The minimum atomic E-state index is -1.85. The standard InChI is InChI=1S/C21H39NO2SSi/c1-16(2)18-12-10-11-13-19(18)17(14-21(6,7)25(22)23)15-24-26(8,9)20(3,4)5/h10-13,16-17H,14-15,22H2,1-9H3/t17-,25?/m0/s1. The first-order chi connectivity index (χ1) is 11.7. The zero-order valence-corrected chi connectivity index (χ0v) is 20.0. The summed E-state index contributed by atoms with van der Waals surface area (Å²) in [6, 6.07) is 8.58. The van der Waals surface area contributed by atoms with Gasteiger partial charge in [-0.2, -0.15) is 0 Å². The van der Waals surface area contributed by atoms with E-state index < -0.39 is 24.1 Å². The van der Waals surface area contributed by atoms with E-state index in [4.69, 9.17) is 9.56 Å². The number of hydrogen-bond donors (Lipinski definition) is 1. The van der Waals surface area contributed by atoms with Gasteiger partial charge in [-0.3, -0.25) is 5.14 Å². The van der Waals surface area contributed by atoms with Crippen molar-refractivity contribution < 1.29 is 8.63 Å². The van der Waals surface area contributed by atoms with Gasteiger partial charge in [0.05, 0.1) is 15.7 Å². The van der Waals surface area contributed by atoms with Crippen LogP contribution in [0.15, 0.2) is 24.3 Å². The van der Waals surface area contributed by atoms with Crippen LogP contribution in [0.2, 0.25) is 18.1 Å². The number of benzene rings is 1. The van der Waals surface area contributed by atoms with Crippen molar-refractivity contribution in [2.45, 2.75) is 89.6 Å². The summed E-state index contributed by atoms with van der Waals surface area (Å²) >= 11 is 0. The molecule has 0 bridgehead atoms. The van der Waals surface area contributed by atoms with Gasteiger partial charge >= 0.3 is 0 Å². The van der Waals surface area contributed by atoms with Crippen molar-refractivity contribution in [1.29, 1.82) is 0 Å². The summed E-state index contributed by atoms with van der Waals surface area (Å²) in [6.45, 7) is 20.4. The molecular formula is C21H39NO2SSi. The number of rotatable bonds is 8. The van der Waals surface area contributed by atoms with Gasteiger partial charge in [-0.05, 0) is 55.4 Å². The van der Waals surface area contributed by atoms with Crippen molar-refractivity contribution in [3.8, 4) is 0 Å². The molecule has 0 aliphatic heterocycles. The quantitative estimate of drug-likeness (QED) is 0.571. The number of hydrogen-bond acceptors (Lipinski definition) is 2. The molecule has 5 heteroatoms. The summed E-state index contributed by atoms with van der Waals surface area (Å²) < 4.78 is 18.2. The predicted molar refractivity (Wildman–Crippen MR) is 117 cm³/mol. The molecule has 0 saturated heterocycles. The van der Waals surface area contributed by atoms with E-state index in [2.05, 4.69) is 72.0 Å². The summed E-state index contributed by atoms with van der Waals surface area (Å²) in [6.07, 6.45) is 0.745. The molecule has 150 valence electrons. The summed E-state index contributed by atoms with van der Waals surface area (Å²) in [4.78, 5) is 0. The van der Waals surface area contributed by atoms with Crippen molar-refractivity contribution >= 4 is 19.3 Å². The molecule has 0 amide bonds. The lowest BCUT2D eigenvalue weighted by Crippen LogP contribution is -2.42. The van der Waals surface area contributed by atoms with Crippen LogP contribution in [0, 0.1) is 0 Å². The normalized spacial score (nSPS) is 16.0. The van der Waals surface area contributed by atoms with E-state index in [0.717, 1.165) is 6.42 Å². The van der Waals surface area contributed by atoms with Crippen LogP contribution in [0.4, 0.5) is 0 Å². The van der Waals surface area contributed by atoms with Gasteiger partial charge in [0.25, 0.3) is 0 Å². The third kappa shape index (κ3) is 6.01. The topological polar surface area (TPSA) is 52.3 Å². The Hall–Kier alpha value is -0.493. The van der Waals surface area contributed by atoms with E-state index in [-0.39, 0.29) is 11.0 Å². The molecule has 0 saturated carbocycles. The highest BCUT2D eigenvalue weighted by molar-refractivity contribution is 7.84. The smallest absolute Gasteiger partial charge is 0.192 e. The van der Waals surface area contributed by atoms with Gasteiger partial charge < -0.3 is 4.43 Å². The maximum atomic E-state index is 12.1. The second-order valence-corrected chi connectivity index (χ2v) is 16.3. The van der Waals surface area contributed by atoms with Crippen LogP contribution in [0.25, 0.3) is 0 Å². The molecule has 0 fully saturated rings. The first kappa shape index (κ1) is 23.5. The van der Waals surface area contributed by atoms with Crippen LogP contribution in [0.5, 0.6) is 0 Å². The Labute approximate surface area is 164 Å². The lowest BCUT2D eigenvalue weighted by Gasteiger charge is -2.38. The van der Waals surface area contributed by atoms with Gasteiger partial charge in [-0.15, -0.1) is 0 Å². The summed E-state index contributed by atoms with van der Waals surface area (Å²) in [5, 5.41) is 5.95. The summed E-state index contributed by atoms with van der Waals surface area (Å²) in [5.74, 6) is 0.623. The molecule has 0 aromatic heterocycles. The number of nitrogens with two attached hydrogens (primary N) is 1. The Morgan fingerprint density at radius 2 is 1.58 bits per heavy atom. The third-order valence-electron chi connectivity index (χ3n) is 5.79. The van der Waals surface area contributed by atoms with E-state index in [1.165, 1.54) is 11.1 Å². The lowest BCUT2D eigenvalue weighted by molar-refractivity contribution is 0.250. The SMILES string of the molecule is CC(C)c1ccccc1[C@H](CO[Si](C)(C)C(C)(C)C)CC(C)(C)S(N)=O. The minimum absolute atomic E-state index is 0.168. The molecule has 3 nitrogen and oxygen atoms in total. The first-order valence-corrected chi connectivity index (χ1v) is 13.7. The van der Waals surface area contributed by atoms with Crippen molar-refractivity contribution in [2.24, 2.45) is 5.14 Å². The highest BCUT2D eigenvalue weighted by Gasteiger charge is 2.39. The lowest BCUT2D eigenvalue weighted by atomic mass is 9.84. The Morgan fingerprint density at radius 3 is 2.00 bits per heavy atom. The van der Waals surface area contributed by atoms with Crippen LogP contribution in [-0.2, 0) is 15.4 Å². The molecular weight excluding hydrogens is 358 g/mol. The molecule has 1 rings (SSSR count). The maximum absolute atomic E-state index is 12.1. The van der Waals surface area contributed by atoms with Gasteiger partial charge in [0.2, 0.25) is 0 Å². The fourth-order valence-electron chi connectivity index (χ4n) is 2.87. The van der Waals surface area contributed by atoms with Gasteiger partial charge in [0.1, 0.15) is 0 Å². The minimum Gasteiger partial charge on any atom is -0.416 e. The monoisotopic (exact) mass is 397 g/mol. The van der Waals surface area contributed by atoms with Gasteiger partial charge in [-0.25, -0.2) is 4.21 Å². The van der Waals surface area contributed by atoms with Crippen LogP contribution in [0.3, 0.4) is 0 Å². The predicted octanol–water partition coefficient (Wildman–Crippen LogP) is 5.71. The molecule has 26 heavy (non-hydrogen) atoms. The van der Waals surface area contributed by atoms with Crippen LogP contribution in [0.1, 0.15) is 77.8 Å². The first-order valence-electron chi connectivity index (χ1n) is 9.58. The maximum Gasteiger partial charge on any atom is 0.192 e. The van der Waals surface area contributed by atoms with E-state index in [9.17, 15) is 4.21 Å². The zero-order chi connectivity index (χ0) is 20.3. The Morgan fingerprint density at radius 1 is 1.08 bits per heavy atom. The largest absolute Gasteiger partial charge is 0.416 e. The molecule has 1 unspecified atom stereocenters. The highest BCUT2D eigenvalue weighted by atomic mass is 32.2. The molecule has 0 radical (unpaired) electrons. The Bertz CT molecular complexity index is 621. The molecule has 1 aromatic carbocycles. The fourth-order valence-corrected chi connectivity index (χ4v) is 4.28. The van der Waals surface area contributed by atoms with Crippen molar-refractivity contribution in [3.05, 3.63) is 35.4 Å². The third-order valence-corrected chi connectivity index (χ3v) is 11.5. The molecule has 0 aliphatic carbocycles. The van der Waals surface area contributed by atoms with E-state index in [0.29, 0.717) is 12.5 Å². The van der Waals surface area contributed by atoms with Crippen molar-refractivity contribution in [1.82, 2.24) is 0 Å². The average molecular weight is 398 g/mol. The van der Waals surface area contributed by atoms with Gasteiger partial charge in [0, 0.05) is 12.5 Å². The molecule has 2 atom stereocenters. The molecule has 0 spiro atoms. The van der Waals surface area contributed by atoms with Gasteiger partial charge in [0.15, 0.2) is 8.32 Å². The van der Waals surface area contributed by atoms with Gasteiger partial charge in [-0.1, -0.05) is 58.9 Å². The fraction of sp³-hybridized carbons (Fsp3) is 0.714. The highest BCUT2D eigenvalue weighted by Crippen LogP contribution is 2.39. The van der Waals surface area contributed by atoms with E-state index in [1.54, 1.807) is 0 Å². The van der Waals surface area contributed by atoms with Crippen LogP contribution >= 0.6 is 0 Å².